The van der Waals surface area contributed by atoms with E-state index in [1.54, 1.807) is 27.8 Å². The van der Waals surface area contributed by atoms with Crippen molar-refractivity contribution in [3.8, 4) is 0 Å². The molecule has 0 unspecified atom stereocenters. The Labute approximate surface area is 125 Å². The molecule has 5 heteroatoms. The predicted octanol–water partition coefficient (Wildman–Crippen LogP) is 2.05. The van der Waals surface area contributed by atoms with E-state index in [1.807, 2.05) is 30.3 Å². The second-order valence-electron chi connectivity index (χ2n) is 5.73. The fourth-order valence-electron chi connectivity index (χ4n) is 1.68. The van der Waals surface area contributed by atoms with E-state index in [4.69, 9.17) is 9.47 Å². The van der Waals surface area contributed by atoms with Crippen LogP contribution >= 0.6 is 0 Å². The van der Waals surface area contributed by atoms with Gasteiger partial charge in [-0.25, -0.2) is 0 Å². The first-order valence-electron chi connectivity index (χ1n) is 6.91. The molecule has 1 aromatic carbocycles. The maximum atomic E-state index is 12.0. The Morgan fingerprint density at radius 3 is 2.33 bits per heavy atom. The quantitative estimate of drug-likeness (QED) is 0.813. The number of ether oxygens (including phenoxy) is 2. The minimum Gasteiger partial charge on any atom is -0.460 e. The van der Waals surface area contributed by atoms with Crippen LogP contribution in [0, 0.1) is 0 Å². The first kappa shape index (κ1) is 17.2. The van der Waals surface area contributed by atoms with E-state index in [9.17, 15) is 9.59 Å². The number of benzene rings is 1. The van der Waals surface area contributed by atoms with Gasteiger partial charge < -0.3 is 14.8 Å². The lowest BCUT2D eigenvalue weighted by atomic mass is 10.1. The molecule has 0 heterocycles. The zero-order valence-electron chi connectivity index (χ0n) is 13.0. The van der Waals surface area contributed by atoms with E-state index in [1.165, 1.54) is 0 Å². The molecule has 116 valence electrons. The third-order valence-electron chi connectivity index (χ3n) is 2.65. The summed E-state index contributed by atoms with van der Waals surface area (Å²) in [7, 11) is 1.61. The van der Waals surface area contributed by atoms with Crippen LogP contribution in [0.25, 0.3) is 0 Å². The molecule has 21 heavy (non-hydrogen) atoms. The van der Waals surface area contributed by atoms with Crippen LogP contribution in [0.5, 0.6) is 0 Å². The lowest BCUT2D eigenvalue weighted by Crippen LogP contribution is -2.39. The zero-order valence-corrected chi connectivity index (χ0v) is 13.0. The molecule has 0 aliphatic carbocycles. The molecule has 0 saturated carbocycles. The minimum atomic E-state index is -0.705. The summed E-state index contributed by atoms with van der Waals surface area (Å²) in [6.45, 7) is 5.54. The third-order valence-corrected chi connectivity index (χ3v) is 2.65. The Balaban J connectivity index is 2.48. The molecular weight excluding hydrogens is 270 g/mol. The van der Waals surface area contributed by atoms with Gasteiger partial charge >= 0.3 is 11.9 Å². The molecule has 0 saturated heterocycles. The van der Waals surface area contributed by atoms with Crippen molar-refractivity contribution in [3.05, 3.63) is 35.9 Å². The number of likely N-dealkylation sites (N-methyl/N-ethyl adjacent to an activating group) is 1. The van der Waals surface area contributed by atoms with Crippen LogP contribution in [-0.4, -0.2) is 30.6 Å². The molecule has 0 aromatic heterocycles. The van der Waals surface area contributed by atoms with Gasteiger partial charge in [0.2, 0.25) is 0 Å². The van der Waals surface area contributed by atoms with Gasteiger partial charge in [-0.15, -0.1) is 0 Å². The van der Waals surface area contributed by atoms with E-state index in [0.29, 0.717) is 0 Å². The third kappa shape index (κ3) is 6.90. The SMILES string of the molecule is CN[C@@H](CC(=O)OC(C)(C)C)C(=O)OCc1ccccc1. The van der Waals surface area contributed by atoms with Crippen LogP contribution in [0.1, 0.15) is 32.8 Å². The van der Waals surface area contributed by atoms with Gasteiger partial charge in [-0.1, -0.05) is 30.3 Å². The largest absolute Gasteiger partial charge is 0.460 e. The summed E-state index contributed by atoms with van der Waals surface area (Å²) >= 11 is 0. The van der Waals surface area contributed by atoms with E-state index in [2.05, 4.69) is 5.32 Å². The van der Waals surface area contributed by atoms with Crippen molar-refractivity contribution >= 4 is 11.9 Å². The van der Waals surface area contributed by atoms with Gasteiger partial charge in [0.1, 0.15) is 18.2 Å². The van der Waals surface area contributed by atoms with Gasteiger partial charge in [-0.05, 0) is 33.4 Å². The molecule has 0 amide bonds. The fourth-order valence-corrected chi connectivity index (χ4v) is 1.68. The molecular formula is C16H23NO4. The summed E-state index contributed by atoms with van der Waals surface area (Å²) < 4.78 is 10.4. The lowest BCUT2D eigenvalue weighted by Gasteiger charge is -2.21. The van der Waals surface area contributed by atoms with Crippen LogP contribution < -0.4 is 5.32 Å². The van der Waals surface area contributed by atoms with Gasteiger partial charge in [0.15, 0.2) is 0 Å². The van der Waals surface area contributed by atoms with Crippen LogP contribution in [-0.2, 0) is 25.7 Å². The average Bonchev–Trinajstić information content (AvgIpc) is 2.41. The first-order valence-corrected chi connectivity index (χ1v) is 6.91. The zero-order chi connectivity index (χ0) is 15.9. The molecule has 0 aliphatic heterocycles. The summed E-state index contributed by atoms with van der Waals surface area (Å²) in [6.07, 6.45) is -0.0542. The number of hydrogen-bond donors (Lipinski definition) is 1. The number of carbonyl (C=O) groups is 2. The lowest BCUT2D eigenvalue weighted by molar-refractivity contribution is -0.160. The van der Waals surface area contributed by atoms with Gasteiger partial charge in [-0.2, -0.15) is 0 Å². The molecule has 1 N–H and O–H groups in total. The number of nitrogens with one attached hydrogen (secondary N) is 1. The summed E-state index contributed by atoms with van der Waals surface area (Å²) in [6, 6.07) is 8.68. The molecule has 0 radical (unpaired) electrons. The molecule has 1 rings (SSSR count). The molecule has 5 nitrogen and oxygen atoms in total. The van der Waals surface area contributed by atoms with Crippen molar-refractivity contribution < 1.29 is 19.1 Å². The van der Waals surface area contributed by atoms with Crippen LogP contribution in [0.3, 0.4) is 0 Å². The molecule has 0 spiro atoms. The van der Waals surface area contributed by atoms with Crippen molar-refractivity contribution in [2.75, 3.05) is 7.05 Å². The Hall–Kier alpha value is -1.88. The Bertz CT molecular complexity index is 465. The van der Waals surface area contributed by atoms with Crippen molar-refractivity contribution in [3.63, 3.8) is 0 Å². The highest BCUT2D eigenvalue weighted by Crippen LogP contribution is 2.10. The first-order chi connectivity index (χ1) is 9.81. The molecule has 0 fully saturated rings. The van der Waals surface area contributed by atoms with Crippen molar-refractivity contribution in [2.45, 2.75) is 45.4 Å². The molecule has 1 atom stereocenters. The maximum Gasteiger partial charge on any atom is 0.324 e. The van der Waals surface area contributed by atoms with E-state index >= 15 is 0 Å². The number of carbonyl (C=O) groups excluding carboxylic acids is 2. The second-order valence-corrected chi connectivity index (χ2v) is 5.73. The summed E-state index contributed by atoms with van der Waals surface area (Å²) in [4.78, 5) is 23.7. The van der Waals surface area contributed by atoms with Crippen LogP contribution in [0.2, 0.25) is 0 Å². The van der Waals surface area contributed by atoms with E-state index < -0.39 is 23.6 Å². The highest BCUT2D eigenvalue weighted by Gasteiger charge is 2.25. The number of rotatable bonds is 6. The standard InChI is InChI=1S/C16H23NO4/c1-16(2,3)21-14(18)10-13(17-4)15(19)20-11-12-8-6-5-7-9-12/h5-9,13,17H,10-11H2,1-4H3/t13-/m0/s1. The summed E-state index contributed by atoms with van der Waals surface area (Å²) in [5.41, 5.74) is 0.335. The van der Waals surface area contributed by atoms with Crippen molar-refractivity contribution in [1.29, 1.82) is 0 Å². The van der Waals surface area contributed by atoms with Crippen LogP contribution in [0.15, 0.2) is 30.3 Å². The van der Waals surface area contributed by atoms with Crippen molar-refractivity contribution in [2.24, 2.45) is 0 Å². The summed E-state index contributed by atoms with van der Waals surface area (Å²) in [5, 5.41) is 2.78. The van der Waals surface area contributed by atoms with Gasteiger partial charge in [-0.3, -0.25) is 9.59 Å². The second kappa shape index (κ2) is 7.78. The Morgan fingerprint density at radius 1 is 1.19 bits per heavy atom. The minimum absolute atomic E-state index is 0.0542. The van der Waals surface area contributed by atoms with E-state index in [0.717, 1.165) is 5.56 Å². The number of hydrogen-bond acceptors (Lipinski definition) is 5. The number of esters is 2. The highest BCUT2D eigenvalue weighted by atomic mass is 16.6. The Kier molecular flexibility index (Phi) is 6.37. The fraction of sp³-hybridized carbons (Fsp3) is 0.500. The average molecular weight is 293 g/mol. The Morgan fingerprint density at radius 2 is 1.81 bits per heavy atom. The monoisotopic (exact) mass is 293 g/mol. The van der Waals surface area contributed by atoms with Gasteiger partial charge in [0, 0.05) is 0 Å². The molecule has 0 bridgehead atoms. The van der Waals surface area contributed by atoms with Crippen LogP contribution in [0.4, 0.5) is 0 Å². The molecule has 0 aliphatic rings. The highest BCUT2D eigenvalue weighted by molar-refractivity contribution is 5.82. The maximum absolute atomic E-state index is 12.0. The van der Waals surface area contributed by atoms with Gasteiger partial charge in [0.25, 0.3) is 0 Å². The summed E-state index contributed by atoms with van der Waals surface area (Å²) in [5.74, 6) is -0.897. The van der Waals surface area contributed by atoms with Crippen molar-refractivity contribution in [1.82, 2.24) is 5.32 Å². The predicted molar refractivity (Wildman–Crippen MR) is 79.5 cm³/mol. The molecule has 1 aromatic rings. The van der Waals surface area contributed by atoms with E-state index in [-0.39, 0.29) is 13.0 Å². The smallest absolute Gasteiger partial charge is 0.324 e. The van der Waals surface area contributed by atoms with Gasteiger partial charge in [0.05, 0.1) is 6.42 Å². The topological polar surface area (TPSA) is 64.6 Å². The normalized spacial score (nSPS) is 12.6.